The molecule has 0 saturated heterocycles. The molecule has 160 valence electrons. The molecule has 0 spiro atoms. The Bertz CT molecular complexity index is 1180. The Labute approximate surface area is 175 Å². The number of aromatic nitrogens is 1. The zero-order chi connectivity index (χ0) is 22.3. The molecule has 7 nitrogen and oxygen atoms in total. The zero-order valence-electron chi connectivity index (χ0n) is 16.6. The summed E-state index contributed by atoms with van der Waals surface area (Å²) in [5, 5.41) is 12.3. The number of benzene rings is 2. The molecule has 0 bridgehead atoms. The number of halogens is 2. The van der Waals surface area contributed by atoms with Crippen LogP contribution < -0.4 is 14.8 Å². The SMILES string of the molecule is COc1cccc([C@H]2CC(=O)Nc3c(C(=O)O)cn(-c4cc(F)cc(F)c4)c32)c1OC. The van der Waals surface area contributed by atoms with Gasteiger partial charge in [0.05, 0.1) is 31.3 Å². The van der Waals surface area contributed by atoms with E-state index in [2.05, 4.69) is 5.32 Å². The number of carbonyl (C=O) groups excluding carboxylic acids is 1. The van der Waals surface area contributed by atoms with E-state index in [1.807, 2.05) is 0 Å². The summed E-state index contributed by atoms with van der Waals surface area (Å²) in [6, 6.07) is 8.04. The molecule has 2 heterocycles. The van der Waals surface area contributed by atoms with Gasteiger partial charge in [-0.2, -0.15) is 0 Å². The fourth-order valence-electron chi connectivity index (χ4n) is 3.97. The van der Waals surface area contributed by atoms with Gasteiger partial charge in [0.15, 0.2) is 11.5 Å². The van der Waals surface area contributed by atoms with Gasteiger partial charge in [-0.1, -0.05) is 12.1 Å². The summed E-state index contributed by atoms with van der Waals surface area (Å²) < 4.78 is 40.1. The molecule has 1 aliphatic rings. The summed E-state index contributed by atoms with van der Waals surface area (Å²) in [6.45, 7) is 0. The van der Waals surface area contributed by atoms with Crippen LogP contribution in [0.4, 0.5) is 14.5 Å². The van der Waals surface area contributed by atoms with Crippen LogP contribution in [0.3, 0.4) is 0 Å². The molecule has 31 heavy (non-hydrogen) atoms. The van der Waals surface area contributed by atoms with Gasteiger partial charge in [-0.15, -0.1) is 0 Å². The maximum absolute atomic E-state index is 13.9. The van der Waals surface area contributed by atoms with Crippen molar-refractivity contribution in [2.24, 2.45) is 0 Å². The summed E-state index contributed by atoms with van der Waals surface area (Å²) >= 11 is 0. The van der Waals surface area contributed by atoms with Crippen LogP contribution in [0.1, 0.15) is 34.0 Å². The predicted octanol–water partition coefficient (Wildman–Crippen LogP) is 3.95. The molecule has 9 heteroatoms. The van der Waals surface area contributed by atoms with Crippen molar-refractivity contribution in [3.63, 3.8) is 0 Å². The molecule has 1 amide bonds. The van der Waals surface area contributed by atoms with Gasteiger partial charge in [0.25, 0.3) is 0 Å². The number of para-hydroxylation sites is 1. The Balaban J connectivity index is 2.02. The minimum absolute atomic E-state index is 0.0304. The summed E-state index contributed by atoms with van der Waals surface area (Å²) in [5.41, 5.74) is 0.909. The minimum Gasteiger partial charge on any atom is -0.493 e. The third kappa shape index (κ3) is 3.48. The van der Waals surface area contributed by atoms with Crippen molar-refractivity contribution in [3.8, 4) is 17.2 Å². The molecule has 3 aromatic rings. The number of amides is 1. The van der Waals surface area contributed by atoms with Crippen LogP contribution in [-0.2, 0) is 4.79 Å². The van der Waals surface area contributed by atoms with Crippen molar-refractivity contribution >= 4 is 17.6 Å². The van der Waals surface area contributed by atoms with Gasteiger partial charge in [0, 0.05) is 30.2 Å². The molecule has 0 radical (unpaired) electrons. The molecule has 2 aromatic carbocycles. The van der Waals surface area contributed by atoms with E-state index in [4.69, 9.17) is 9.47 Å². The average Bonchev–Trinajstić information content (AvgIpc) is 3.11. The van der Waals surface area contributed by atoms with Gasteiger partial charge in [-0.05, 0) is 18.2 Å². The van der Waals surface area contributed by atoms with E-state index in [1.54, 1.807) is 18.2 Å². The molecule has 2 N–H and O–H groups in total. The maximum Gasteiger partial charge on any atom is 0.339 e. The van der Waals surface area contributed by atoms with E-state index in [1.165, 1.54) is 25.0 Å². The lowest BCUT2D eigenvalue weighted by molar-refractivity contribution is -0.116. The third-order valence-electron chi connectivity index (χ3n) is 5.19. The van der Waals surface area contributed by atoms with Crippen LogP contribution in [0, 0.1) is 11.6 Å². The van der Waals surface area contributed by atoms with Gasteiger partial charge in [0.1, 0.15) is 17.2 Å². The van der Waals surface area contributed by atoms with E-state index in [-0.39, 0.29) is 23.4 Å². The fourth-order valence-corrected chi connectivity index (χ4v) is 3.97. The van der Waals surface area contributed by atoms with Gasteiger partial charge in [-0.3, -0.25) is 4.79 Å². The highest BCUT2D eigenvalue weighted by Crippen LogP contribution is 2.46. The van der Waals surface area contributed by atoms with E-state index in [0.717, 1.165) is 18.2 Å². The highest BCUT2D eigenvalue weighted by molar-refractivity contribution is 6.04. The number of rotatable bonds is 5. The van der Waals surface area contributed by atoms with Crippen LogP contribution in [0.25, 0.3) is 5.69 Å². The quantitative estimate of drug-likeness (QED) is 0.643. The number of aromatic carboxylic acids is 1. The molecule has 1 aliphatic heterocycles. The first kappa shape index (κ1) is 20.4. The molecular formula is C22H18F2N2O5. The number of fused-ring (bicyclic) bond motifs is 1. The number of ether oxygens (including phenoxy) is 2. The van der Waals surface area contributed by atoms with E-state index in [9.17, 15) is 23.5 Å². The largest absolute Gasteiger partial charge is 0.493 e. The molecule has 1 atom stereocenters. The number of anilines is 1. The van der Waals surface area contributed by atoms with Crippen LogP contribution in [0.5, 0.6) is 11.5 Å². The predicted molar refractivity (Wildman–Crippen MR) is 107 cm³/mol. The molecule has 0 aliphatic carbocycles. The van der Waals surface area contributed by atoms with Crippen molar-refractivity contribution in [1.82, 2.24) is 4.57 Å². The molecule has 1 aromatic heterocycles. The first-order chi connectivity index (χ1) is 14.8. The number of nitrogens with one attached hydrogen (secondary N) is 1. The second-order valence-electron chi connectivity index (χ2n) is 6.99. The van der Waals surface area contributed by atoms with Gasteiger partial charge in [-0.25, -0.2) is 13.6 Å². The molecular weight excluding hydrogens is 410 g/mol. The topological polar surface area (TPSA) is 89.8 Å². The van der Waals surface area contributed by atoms with Crippen LogP contribution in [-0.4, -0.2) is 35.8 Å². The lowest BCUT2D eigenvalue weighted by atomic mass is 9.87. The van der Waals surface area contributed by atoms with Crippen molar-refractivity contribution in [2.45, 2.75) is 12.3 Å². The molecule has 0 saturated carbocycles. The second kappa shape index (κ2) is 7.75. The molecule has 0 unspecified atom stereocenters. The second-order valence-corrected chi connectivity index (χ2v) is 6.99. The summed E-state index contributed by atoms with van der Waals surface area (Å²) in [4.78, 5) is 24.4. The van der Waals surface area contributed by atoms with E-state index < -0.39 is 29.4 Å². The van der Waals surface area contributed by atoms with Crippen LogP contribution in [0.2, 0.25) is 0 Å². The number of hydrogen-bond donors (Lipinski definition) is 2. The Morgan fingerprint density at radius 3 is 2.48 bits per heavy atom. The Morgan fingerprint density at radius 1 is 1.16 bits per heavy atom. The van der Waals surface area contributed by atoms with Crippen molar-refractivity contribution in [3.05, 3.63) is 71.1 Å². The number of carboxylic acid groups (broad SMARTS) is 1. The Hall–Kier alpha value is -3.88. The summed E-state index contributed by atoms with van der Waals surface area (Å²) in [7, 11) is 2.93. The number of hydrogen-bond acceptors (Lipinski definition) is 4. The number of methoxy groups -OCH3 is 2. The first-order valence-corrected chi connectivity index (χ1v) is 9.29. The normalized spacial score (nSPS) is 15.2. The van der Waals surface area contributed by atoms with Gasteiger partial charge >= 0.3 is 5.97 Å². The fraction of sp³-hybridized carbons (Fsp3) is 0.182. The minimum atomic E-state index is -1.29. The van der Waals surface area contributed by atoms with Gasteiger partial charge < -0.3 is 24.5 Å². The van der Waals surface area contributed by atoms with Gasteiger partial charge in [0.2, 0.25) is 5.91 Å². The maximum atomic E-state index is 13.9. The third-order valence-corrected chi connectivity index (χ3v) is 5.19. The van der Waals surface area contributed by atoms with Crippen molar-refractivity contribution < 1.29 is 33.0 Å². The molecule has 0 fully saturated rings. The first-order valence-electron chi connectivity index (χ1n) is 9.29. The summed E-state index contributed by atoms with van der Waals surface area (Å²) in [5.74, 6) is -3.16. The zero-order valence-corrected chi connectivity index (χ0v) is 16.6. The van der Waals surface area contributed by atoms with E-state index in [0.29, 0.717) is 22.8 Å². The highest BCUT2D eigenvalue weighted by atomic mass is 19.1. The Kier molecular flexibility index (Phi) is 5.10. The number of nitrogens with zero attached hydrogens (tertiary/aromatic N) is 1. The van der Waals surface area contributed by atoms with Crippen LogP contribution >= 0.6 is 0 Å². The lowest BCUT2D eigenvalue weighted by Crippen LogP contribution is -2.26. The highest BCUT2D eigenvalue weighted by Gasteiger charge is 2.36. The number of carboxylic acids is 1. The Morgan fingerprint density at radius 2 is 1.87 bits per heavy atom. The van der Waals surface area contributed by atoms with Crippen molar-refractivity contribution in [2.75, 3.05) is 19.5 Å². The van der Waals surface area contributed by atoms with Crippen LogP contribution in [0.15, 0.2) is 42.6 Å². The van der Waals surface area contributed by atoms with Crippen molar-refractivity contribution in [1.29, 1.82) is 0 Å². The summed E-state index contributed by atoms with van der Waals surface area (Å²) in [6.07, 6.45) is 1.21. The van der Waals surface area contributed by atoms with E-state index >= 15 is 0 Å². The average molecular weight is 428 g/mol. The monoisotopic (exact) mass is 428 g/mol. The standard InChI is InChI=1S/C22H18F2N2O5/c1-30-17-5-3-4-14(21(17)31-2)15-9-18(27)25-19-16(22(28)29)10-26(20(15)19)13-7-11(23)6-12(24)8-13/h3-8,10,15H,9H2,1-2H3,(H,25,27)(H,28,29)/t15-/m1/s1. The molecule has 4 rings (SSSR count). The number of carbonyl (C=O) groups is 2. The lowest BCUT2D eigenvalue weighted by Gasteiger charge is -2.27. The smallest absolute Gasteiger partial charge is 0.339 e.